The van der Waals surface area contributed by atoms with Crippen molar-refractivity contribution >= 4 is 45.0 Å². The standard InChI is InChI=1S/C18H22BrClN2O2/c1-11-2-5-14(6-3-11)22-10-12(8-17(22)23)18(24)21-16-7-4-13(19)9-15(16)20/h4,7,9,11-12,14H,2-3,5-6,8,10H2,1H3,(H,21,24). The molecule has 1 aliphatic carbocycles. The molecule has 1 saturated carbocycles. The summed E-state index contributed by atoms with van der Waals surface area (Å²) in [6.45, 7) is 2.79. The van der Waals surface area contributed by atoms with Crippen molar-refractivity contribution in [3.05, 3.63) is 27.7 Å². The van der Waals surface area contributed by atoms with E-state index in [0.717, 1.165) is 23.2 Å². The van der Waals surface area contributed by atoms with Gasteiger partial charge in [-0.05, 0) is 49.8 Å². The zero-order valence-electron chi connectivity index (χ0n) is 13.7. The van der Waals surface area contributed by atoms with Gasteiger partial charge >= 0.3 is 0 Å². The number of halogens is 2. The van der Waals surface area contributed by atoms with Crippen LogP contribution >= 0.6 is 27.5 Å². The zero-order chi connectivity index (χ0) is 17.3. The number of likely N-dealkylation sites (tertiary alicyclic amines) is 1. The van der Waals surface area contributed by atoms with Crippen LogP contribution in [-0.2, 0) is 9.59 Å². The fourth-order valence-electron chi connectivity index (χ4n) is 3.64. The molecule has 1 aromatic rings. The smallest absolute Gasteiger partial charge is 0.229 e. The van der Waals surface area contributed by atoms with E-state index in [9.17, 15) is 9.59 Å². The lowest BCUT2D eigenvalue weighted by atomic mass is 9.87. The third-order valence-corrected chi connectivity index (χ3v) is 5.95. The molecule has 0 bridgehead atoms. The SMILES string of the molecule is CC1CCC(N2CC(C(=O)Nc3ccc(Br)cc3Cl)CC2=O)CC1. The Morgan fingerprint density at radius 1 is 1.29 bits per heavy atom. The number of hydrogen-bond acceptors (Lipinski definition) is 2. The van der Waals surface area contributed by atoms with E-state index in [-0.39, 0.29) is 17.7 Å². The molecule has 2 aliphatic rings. The van der Waals surface area contributed by atoms with Crippen molar-refractivity contribution in [3.63, 3.8) is 0 Å². The summed E-state index contributed by atoms with van der Waals surface area (Å²) >= 11 is 9.50. The van der Waals surface area contributed by atoms with Gasteiger partial charge in [0.2, 0.25) is 11.8 Å². The highest BCUT2D eigenvalue weighted by Gasteiger charge is 2.38. The van der Waals surface area contributed by atoms with E-state index in [4.69, 9.17) is 11.6 Å². The van der Waals surface area contributed by atoms with Crippen molar-refractivity contribution in [2.75, 3.05) is 11.9 Å². The first-order valence-electron chi connectivity index (χ1n) is 8.49. The number of nitrogens with one attached hydrogen (secondary N) is 1. The van der Waals surface area contributed by atoms with Crippen LogP contribution in [0.15, 0.2) is 22.7 Å². The van der Waals surface area contributed by atoms with E-state index < -0.39 is 0 Å². The molecule has 130 valence electrons. The summed E-state index contributed by atoms with van der Waals surface area (Å²) in [7, 11) is 0. The third-order valence-electron chi connectivity index (χ3n) is 5.14. The van der Waals surface area contributed by atoms with Gasteiger partial charge in [0, 0.05) is 23.5 Å². The Morgan fingerprint density at radius 2 is 2.00 bits per heavy atom. The van der Waals surface area contributed by atoms with Crippen molar-refractivity contribution < 1.29 is 9.59 Å². The second-order valence-corrected chi connectivity index (χ2v) is 8.30. The first-order chi connectivity index (χ1) is 11.4. The number of carbonyl (C=O) groups excluding carboxylic acids is 2. The molecular formula is C18H22BrClN2O2. The Bertz CT molecular complexity index is 644. The lowest BCUT2D eigenvalue weighted by molar-refractivity contribution is -0.130. The minimum Gasteiger partial charge on any atom is -0.339 e. The van der Waals surface area contributed by atoms with E-state index in [1.54, 1.807) is 12.1 Å². The number of benzene rings is 1. The van der Waals surface area contributed by atoms with Crippen molar-refractivity contribution in [1.29, 1.82) is 0 Å². The molecule has 1 unspecified atom stereocenters. The Kier molecular flexibility index (Phi) is 5.50. The summed E-state index contributed by atoms with van der Waals surface area (Å²) < 4.78 is 0.860. The van der Waals surface area contributed by atoms with Gasteiger partial charge in [0.1, 0.15) is 0 Å². The van der Waals surface area contributed by atoms with Gasteiger partial charge in [0.05, 0.1) is 16.6 Å². The van der Waals surface area contributed by atoms with Crippen LogP contribution in [0.5, 0.6) is 0 Å². The summed E-state index contributed by atoms with van der Waals surface area (Å²) in [5, 5.41) is 3.35. The first kappa shape index (κ1) is 17.7. The van der Waals surface area contributed by atoms with Gasteiger partial charge in [-0.1, -0.05) is 34.5 Å². The highest BCUT2D eigenvalue weighted by molar-refractivity contribution is 9.10. The molecule has 1 atom stereocenters. The maximum absolute atomic E-state index is 12.5. The summed E-state index contributed by atoms with van der Waals surface area (Å²) in [4.78, 5) is 26.8. The molecule has 24 heavy (non-hydrogen) atoms. The van der Waals surface area contributed by atoms with Crippen molar-refractivity contribution in [1.82, 2.24) is 4.90 Å². The molecule has 0 radical (unpaired) electrons. The monoisotopic (exact) mass is 412 g/mol. The van der Waals surface area contributed by atoms with Crippen LogP contribution in [0.3, 0.4) is 0 Å². The van der Waals surface area contributed by atoms with Crippen LogP contribution in [0.1, 0.15) is 39.0 Å². The molecule has 2 amide bonds. The third kappa shape index (κ3) is 3.94. The maximum Gasteiger partial charge on any atom is 0.229 e. The van der Waals surface area contributed by atoms with Crippen molar-refractivity contribution in [3.8, 4) is 0 Å². The molecule has 0 spiro atoms. The number of carbonyl (C=O) groups is 2. The van der Waals surface area contributed by atoms with Gasteiger partial charge < -0.3 is 10.2 Å². The average molecular weight is 414 g/mol. The minimum absolute atomic E-state index is 0.108. The lowest BCUT2D eigenvalue weighted by Gasteiger charge is -2.33. The van der Waals surface area contributed by atoms with Crippen LogP contribution in [0.2, 0.25) is 5.02 Å². The van der Waals surface area contributed by atoms with Crippen molar-refractivity contribution in [2.45, 2.75) is 45.1 Å². The van der Waals surface area contributed by atoms with E-state index in [0.29, 0.717) is 29.7 Å². The van der Waals surface area contributed by atoms with Crippen LogP contribution in [0, 0.1) is 11.8 Å². The molecule has 0 aromatic heterocycles. The highest BCUT2D eigenvalue weighted by Crippen LogP contribution is 2.32. The molecule has 1 aliphatic heterocycles. The number of nitrogens with zero attached hydrogens (tertiary/aromatic N) is 1. The molecular weight excluding hydrogens is 392 g/mol. The predicted molar refractivity (Wildman–Crippen MR) is 99.0 cm³/mol. The molecule has 6 heteroatoms. The topological polar surface area (TPSA) is 49.4 Å². The Balaban J connectivity index is 1.61. The quantitative estimate of drug-likeness (QED) is 0.795. The summed E-state index contributed by atoms with van der Waals surface area (Å²) in [5.74, 6) is 0.435. The molecule has 1 heterocycles. The molecule has 1 N–H and O–H groups in total. The van der Waals surface area contributed by atoms with Gasteiger partial charge in [0.15, 0.2) is 0 Å². The first-order valence-corrected chi connectivity index (χ1v) is 9.66. The molecule has 1 aromatic carbocycles. The second kappa shape index (κ2) is 7.44. The van der Waals surface area contributed by atoms with Crippen LogP contribution < -0.4 is 5.32 Å². The van der Waals surface area contributed by atoms with Crippen LogP contribution in [0.4, 0.5) is 5.69 Å². The molecule has 2 fully saturated rings. The Morgan fingerprint density at radius 3 is 2.67 bits per heavy atom. The lowest BCUT2D eigenvalue weighted by Crippen LogP contribution is -2.39. The van der Waals surface area contributed by atoms with Gasteiger partial charge in [-0.15, -0.1) is 0 Å². The zero-order valence-corrected chi connectivity index (χ0v) is 16.1. The highest BCUT2D eigenvalue weighted by atomic mass is 79.9. The Hall–Kier alpha value is -1.07. The normalized spacial score (nSPS) is 27.4. The fourth-order valence-corrected chi connectivity index (χ4v) is 4.36. The van der Waals surface area contributed by atoms with E-state index in [2.05, 4.69) is 28.2 Å². The second-order valence-electron chi connectivity index (χ2n) is 6.97. The van der Waals surface area contributed by atoms with Crippen molar-refractivity contribution in [2.24, 2.45) is 11.8 Å². The number of hydrogen-bond donors (Lipinski definition) is 1. The number of anilines is 1. The van der Waals surface area contributed by atoms with Crippen LogP contribution in [0.25, 0.3) is 0 Å². The summed E-state index contributed by atoms with van der Waals surface area (Å²) in [5.41, 5.74) is 0.585. The largest absolute Gasteiger partial charge is 0.339 e. The summed E-state index contributed by atoms with van der Waals surface area (Å²) in [6.07, 6.45) is 4.74. The van der Waals surface area contributed by atoms with Gasteiger partial charge in [0.25, 0.3) is 0 Å². The van der Waals surface area contributed by atoms with E-state index in [1.165, 1.54) is 12.8 Å². The molecule has 3 rings (SSSR count). The number of rotatable bonds is 3. The van der Waals surface area contributed by atoms with E-state index >= 15 is 0 Å². The fraction of sp³-hybridized carbons (Fsp3) is 0.556. The molecule has 1 saturated heterocycles. The maximum atomic E-state index is 12.5. The number of amides is 2. The van der Waals surface area contributed by atoms with E-state index in [1.807, 2.05) is 11.0 Å². The minimum atomic E-state index is -0.295. The van der Waals surface area contributed by atoms with Gasteiger partial charge in [-0.25, -0.2) is 0 Å². The summed E-state index contributed by atoms with van der Waals surface area (Å²) in [6, 6.07) is 5.65. The van der Waals surface area contributed by atoms with Gasteiger partial charge in [-0.2, -0.15) is 0 Å². The van der Waals surface area contributed by atoms with Gasteiger partial charge in [-0.3, -0.25) is 9.59 Å². The molecule has 4 nitrogen and oxygen atoms in total. The Labute approximate surface area is 156 Å². The average Bonchev–Trinajstić information content (AvgIpc) is 2.93. The van der Waals surface area contributed by atoms with Crippen LogP contribution in [-0.4, -0.2) is 29.3 Å². The predicted octanol–water partition coefficient (Wildman–Crippen LogP) is 4.47.